The van der Waals surface area contributed by atoms with Crippen molar-refractivity contribution in [1.29, 1.82) is 0 Å². The minimum atomic E-state index is -1.48. The largest absolute Gasteiger partial charge is 0.490 e. The molecule has 0 aromatic heterocycles. The van der Waals surface area contributed by atoms with E-state index in [1.807, 2.05) is 25.1 Å². The van der Waals surface area contributed by atoms with Gasteiger partial charge in [-0.2, -0.15) is 0 Å². The van der Waals surface area contributed by atoms with Gasteiger partial charge in [0.1, 0.15) is 16.7 Å². The Morgan fingerprint density at radius 2 is 2.00 bits per heavy atom. The van der Waals surface area contributed by atoms with E-state index in [2.05, 4.69) is 21.8 Å². The molecule has 2 aliphatic heterocycles. The van der Waals surface area contributed by atoms with E-state index in [4.69, 9.17) is 21.2 Å². The van der Waals surface area contributed by atoms with Gasteiger partial charge in [0, 0.05) is 29.1 Å². The maximum absolute atomic E-state index is 13.3. The molecule has 2 bridgehead atoms. The summed E-state index contributed by atoms with van der Waals surface area (Å²) in [6.07, 6.45) is 9.00. The molecule has 6 rings (SSSR count). The summed E-state index contributed by atoms with van der Waals surface area (Å²) in [5.41, 5.74) is 3.76. The van der Waals surface area contributed by atoms with Gasteiger partial charge in [-0.1, -0.05) is 37.4 Å². The first-order valence-electron chi connectivity index (χ1n) is 15.2. The quantitative estimate of drug-likeness (QED) is 0.304. The summed E-state index contributed by atoms with van der Waals surface area (Å²) in [4.78, 5) is 20.8. The van der Waals surface area contributed by atoms with Crippen LogP contribution in [-0.4, -0.2) is 46.4 Å². The van der Waals surface area contributed by atoms with Crippen molar-refractivity contribution in [2.75, 3.05) is 24.6 Å². The minimum Gasteiger partial charge on any atom is -0.490 e. The van der Waals surface area contributed by atoms with Gasteiger partial charge in [-0.15, -0.1) is 0 Å². The maximum Gasteiger partial charge on any atom is 0.263 e. The van der Waals surface area contributed by atoms with E-state index >= 15 is 0 Å². The summed E-state index contributed by atoms with van der Waals surface area (Å²) in [5, 5.41) is 10.5. The Morgan fingerprint density at radius 1 is 1.15 bits per heavy atom. The third-order valence-corrected chi connectivity index (χ3v) is 11.9. The van der Waals surface area contributed by atoms with Crippen LogP contribution in [0.4, 0.5) is 5.69 Å². The first kappa shape index (κ1) is 29.0. The fourth-order valence-corrected chi connectivity index (χ4v) is 8.95. The summed E-state index contributed by atoms with van der Waals surface area (Å²) in [7, 11) is -1.48. The molecule has 6 atom stereocenters. The molecule has 5 unspecified atom stereocenters. The van der Waals surface area contributed by atoms with Crippen LogP contribution < -0.4 is 14.4 Å². The number of hydrogen-bond acceptors (Lipinski definition) is 6. The highest BCUT2D eigenvalue weighted by Gasteiger charge is 2.44. The minimum absolute atomic E-state index is 0.114. The van der Waals surface area contributed by atoms with Crippen molar-refractivity contribution in [3.8, 4) is 5.75 Å². The predicted octanol–water partition coefficient (Wildman–Crippen LogP) is 6.44. The molecule has 222 valence electrons. The third kappa shape index (κ3) is 5.77. The number of benzene rings is 2. The third-order valence-electron chi connectivity index (χ3n) is 10.1. The molecule has 1 spiro atoms. The van der Waals surface area contributed by atoms with Gasteiger partial charge in [-0.05, 0) is 105 Å². The van der Waals surface area contributed by atoms with Gasteiger partial charge >= 0.3 is 0 Å². The van der Waals surface area contributed by atoms with E-state index in [-0.39, 0.29) is 28.6 Å². The number of anilines is 1. The first-order chi connectivity index (χ1) is 19.9. The van der Waals surface area contributed by atoms with Crippen LogP contribution in [0.2, 0.25) is 5.02 Å². The number of ether oxygens (including phenoxy) is 1. The summed E-state index contributed by atoms with van der Waals surface area (Å²) in [6, 6.07) is 11.8. The molecule has 4 aliphatic rings. The summed E-state index contributed by atoms with van der Waals surface area (Å²) in [6.45, 7) is 4.11. The monoisotopic (exact) mass is 600 g/mol. The number of nitrogens with zero attached hydrogens (tertiary/aromatic N) is 1. The Kier molecular flexibility index (Phi) is 8.64. The highest BCUT2D eigenvalue weighted by Crippen LogP contribution is 2.47. The first-order valence-corrected chi connectivity index (χ1v) is 16.8. The van der Waals surface area contributed by atoms with E-state index in [1.54, 1.807) is 6.07 Å². The highest BCUT2D eigenvalue weighted by atomic mass is 35.5. The van der Waals surface area contributed by atoms with Crippen LogP contribution >= 0.6 is 11.6 Å². The maximum atomic E-state index is 13.3. The number of carbonyl (C=O) groups excluding carboxylic acids is 1. The van der Waals surface area contributed by atoms with Crippen LogP contribution in [-0.2, 0) is 27.7 Å². The van der Waals surface area contributed by atoms with Crippen LogP contribution in [0, 0.1) is 11.8 Å². The van der Waals surface area contributed by atoms with Crippen molar-refractivity contribution in [1.82, 2.24) is 4.72 Å². The lowest BCUT2D eigenvalue weighted by atomic mass is 9.68. The fourth-order valence-electron chi connectivity index (χ4n) is 7.61. The smallest absolute Gasteiger partial charge is 0.263 e. The Balaban J connectivity index is 1.39. The normalized spacial score (nSPS) is 32.1. The number of aryl methyl sites for hydroxylation is 1. The zero-order valence-corrected chi connectivity index (χ0v) is 25.4. The number of carbonyl (C=O) groups is 1. The van der Waals surface area contributed by atoms with E-state index in [1.165, 1.54) is 11.1 Å². The average Bonchev–Trinajstić information content (AvgIpc) is 3.10. The van der Waals surface area contributed by atoms with E-state index in [9.17, 15) is 14.3 Å². The average molecular weight is 601 g/mol. The Hall–Kier alpha value is -2.13. The lowest BCUT2D eigenvalue weighted by Gasteiger charge is -2.46. The molecule has 1 saturated carbocycles. The van der Waals surface area contributed by atoms with Crippen molar-refractivity contribution in [2.45, 2.75) is 87.9 Å². The molecule has 2 aromatic carbocycles. The van der Waals surface area contributed by atoms with Gasteiger partial charge in [0.15, 0.2) is 0 Å². The zero-order valence-electron chi connectivity index (χ0n) is 23.8. The highest BCUT2D eigenvalue weighted by molar-refractivity contribution is 7.84. The van der Waals surface area contributed by atoms with Crippen molar-refractivity contribution >= 4 is 34.2 Å². The lowest BCUT2D eigenvalue weighted by Crippen LogP contribution is -2.49. The van der Waals surface area contributed by atoms with Gasteiger partial charge in [0.2, 0.25) is 0 Å². The number of halogens is 1. The molecule has 1 fully saturated rings. The van der Waals surface area contributed by atoms with Crippen LogP contribution in [0.5, 0.6) is 5.75 Å². The van der Waals surface area contributed by atoms with Crippen LogP contribution in [0.1, 0.15) is 86.2 Å². The van der Waals surface area contributed by atoms with Gasteiger partial charge in [-0.25, -0.2) is 9.10 Å². The van der Waals surface area contributed by atoms with Gasteiger partial charge in [-0.3, -0.25) is 14.8 Å². The predicted molar refractivity (Wildman–Crippen MR) is 162 cm³/mol. The van der Waals surface area contributed by atoms with Crippen LogP contribution in [0.25, 0.3) is 0 Å². The number of rotatable bonds is 2. The van der Waals surface area contributed by atoms with Crippen LogP contribution in [0.15, 0.2) is 36.4 Å². The lowest BCUT2D eigenvalue weighted by molar-refractivity contribution is -0.301. The van der Waals surface area contributed by atoms with E-state index in [0.717, 1.165) is 93.8 Å². The van der Waals surface area contributed by atoms with Gasteiger partial charge < -0.3 is 9.64 Å². The molecule has 2 aromatic rings. The Labute approximate surface area is 250 Å². The Bertz CT molecular complexity index is 1310. The fraction of sp³-hybridized carbons (Fsp3) is 0.594. The molecule has 0 saturated heterocycles. The molecule has 1 amide bonds. The molecule has 2 aliphatic carbocycles. The SMILES string of the molecule is CCC1CCCCC(OO)C2CCC2CN2C[C@@]3(CCCc4cc(Cl)ccc43)COc3ccc(cc32)C(=O)NS1=O. The summed E-state index contributed by atoms with van der Waals surface area (Å²) in [5.74, 6) is 1.09. The summed E-state index contributed by atoms with van der Waals surface area (Å²) < 4.78 is 22.5. The second-order valence-electron chi connectivity index (χ2n) is 12.5. The van der Waals surface area contributed by atoms with Crippen molar-refractivity contribution < 1.29 is 23.9 Å². The molecule has 0 radical (unpaired) electrons. The van der Waals surface area contributed by atoms with Crippen LogP contribution in [0.3, 0.4) is 0 Å². The van der Waals surface area contributed by atoms with Crippen molar-refractivity contribution in [3.05, 3.63) is 58.1 Å². The molecule has 7 nitrogen and oxygen atoms in total. The number of fused-ring (bicyclic) bond motifs is 4. The van der Waals surface area contributed by atoms with E-state index < -0.39 is 11.0 Å². The molecule has 2 heterocycles. The number of nitrogens with one attached hydrogen (secondary N) is 1. The van der Waals surface area contributed by atoms with Gasteiger partial charge in [0.25, 0.3) is 5.91 Å². The molecular weight excluding hydrogens is 560 g/mol. The standard InChI is InChI=1S/C32H41ClN2O5S/c1-2-25-7-3-4-8-29(40-37)26-12-9-23(26)18-35-19-32(15-5-6-21-16-24(33)11-13-27(21)32)20-39-30-14-10-22(17-28(30)35)31(36)34-41(25)38/h10-11,13-14,16-17,23,25-26,29,37H,2-9,12,15,18-20H2,1H3,(H,34,36)/t23?,25?,26?,29?,32-,41?/m0/s1. The van der Waals surface area contributed by atoms with E-state index in [0.29, 0.717) is 18.1 Å². The Morgan fingerprint density at radius 3 is 2.78 bits per heavy atom. The van der Waals surface area contributed by atoms with Crippen molar-refractivity contribution in [2.24, 2.45) is 11.8 Å². The number of hydrogen-bond donors (Lipinski definition) is 2. The van der Waals surface area contributed by atoms with Crippen molar-refractivity contribution in [3.63, 3.8) is 0 Å². The molecular formula is C32H41ClN2O5S. The second kappa shape index (κ2) is 12.2. The molecule has 41 heavy (non-hydrogen) atoms. The second-order valence-corrected chi connectivity index (χ2v) is 14.4. The molecule has 2 N–H and O–H groups in total. The summed E-state index contributed by atoms with van der Waals surface area (Å²) >= 11 is 6.40. The molecule has 9 heteroatoms. The number of amides is 1. The zero-order chi connectivity index (χ0) is 28.6. The van der Waals surface area contributed by atoms with Gasteiger partial charge in [0.05, 0.1) is 23.6 Å². The topological polar surface area (TPSA) is 88.1 Å².